The molecule has 3 aliphatic rings. The molecule has 1 spiro atoms. The van der Waals surface area contributed by atoms with E-state index in [2.05, 4.69) is 15.3 Å². The van der Waals surface area contributed by atoms with Crippen LogP contribution in [0.4, 0.5) is 0 Å². The standard InChI is InChI=1S/C18H28N4O2.ClH/c23-16(18(6-9-19-10-7-18)22-12-3-8-20-22)21-11-1-4-17(14-21)5-2-13-24-15-17;/h3,8,12,19H,1-2,4-7,9-11,13-15H2;1H. The Hall–Kier alpha value is -1.11. The molecule has 25 heavy (non-hydrogen) atoms. The van der Waals surface area contributed by atoms with Crippen molar-refractivity contribution < 1.29 is 9.53 Å². The highest BCUT2D eigenvalue weighted by atomic mass is 35.5. The zero-order valence-corrected chi connectivity index (χ0v) is 15.6. The molecule has 1 unspecified atom stereocenters. The van der Waals surface area contributed by atoms with E-state index in [1.54, 1.807) is 6.20 Å². The number of aromatic nitrogens is 2. The van der Waals surface area contributed by atoms with Gasteiger partial charge in [0.25, 0.3) is 5.91 Å². The highest BCUT2D eigenvalue weighted by Gasteiger charge is 2.47. The van der Waals surface area contributed by atoms with E-state index in [9.17, 15) is 4.79 Å². The first kappa shape index (κ1) is 18.7. The number of rotatable bonds is 2. The summed E-state index contributed by atoms with van der Waals surface area (Å²) in [5, 5.41) is 7.83. The molecule has 3 aliphatic heterocycles. The van der Waals surface area contributed by atoms with Gasteiger partial charge in [-0.1, -0.05) is 0 Å². The van der Waals surface area contributed by atoms with Crippen LogP contribution in [0.3, 0.4) is 0 Å². The predicted octanol–water partition coefficient (Wildman–Crippen LogP) is 1.80. The van der Waals surface area contributed by atoms with Crippen LogP contribution >= 0.6 is 12.4 Å². The van der Waals surface area contributed by atoms with Gasteiger partial charge in [0.05, 0.1) is 6.61 Å². The maximum Gasteiger partial charge on any atom is 0.250 e. The topological polar surface area (TPSA) is 59.4 Å². The second-order valence-electron chi connectivity index (χ2n) is 7.72. The average molecular weight is 369 g/mol. The maximum atomic E-state index is 13.6. The third-order valence-electron chi connectivity index (χ3n) is 6.12. The second-order valence-corrected chi connectivity index (χ2v) is 7.72. The molecule has 4 rings (SSSR count). The molecule has 0 aromatic carbocycles. The molecule has 0 radical (unpaired) electrons. The first-order chi connectivity index (χ1) is 11.7. The number of carbonyl (C=O) groups excluding carboxylic acids is 1. The molecule has 0 saturated carbocycles. The lowest BCUT2D eigenvalue weighted by Gasteiger charge is -2.48. The molecule has 0 aliphatic carbocycles. The summed E-state index contributed by atoms with van der Waals surface area (Å²) >= 11 is 0. The highest BCUT2D eigenvalue weighted by molar-refractivity contribution is 5.85. The third-order valence-corrected chi connectivity index (χ3v) is 6.12. The van der Waals surface area contributed by atoms with Gasteiger partial charge in [-0.15, -0.1) is 12.4 Å². The molecule has 1 amide bonds. The number of piperidine rings is 2. The summed E-state index contributed by atoms with van der Waals surface area (Å²) in [6.07, 6.45) is 9.94. The van der Waals surface area contributed by atoms with Crippen LogP contribution in [0.2, 0.25) is 0 Å². The minimum atomic E-state index is -0.511. The van der Waals surface area contributed by atoms with Gasteiger partial charge in [0, 0.05) is 37.5 Å². The fraction of sp³-hybridized carbons (Fsp3) is 0.778. The Balaban J connectivity index is 0.00000182. The number of nitrogens with one attached hydrogen (secondary N) is 1. The van der Waals surface area contributed by atoms with Crippen LogP contribution in [0, 0.1) is 5.41 Å². The number of ether oxygens (including phenoxy) is 1. The Morgan fingerprint density at radius 3 is 2.64 bits per heavy atom. The minimum Gasteiger partial charge on any atom is -0.381 e. The van der Waals surface area contributed by atoms with Crippen molar-refractivity contribution in [2.45, 2.75) is 44.1 Å². The number of carbonyl (C=O) groups is 1. The summed E-state index contributed by atoms with van der Waals surface area (Å²) < 4.78 is 7.68. The average Bonchev–Trinajstić information content (AvgIpc) is 3.18. The van der Waals surface area contributed by atoms with Crippen LogP contribution in [0.25, 0.3) is 0 Å². The first-order valence-corrected chi connectivity index (χ1v) is 9.32. The third kappa shape index (κ3) is 3.44. The lowest BCUT2D eigenvalue weighted by atomic mass is 9.75. The van der Waals surface area contributed by atoms with Gasteiger partial charge in [0.1, 0.15) is 5.54 Å². The van der Waals surface area contributed by atoms with Crippen LogP contribution in [0.1, 0.15) is 38.5 Å². The summed E-state index contributed by atoms with van der Waals surface area (Å²) in [6, 6.07) is 1.92. The molecular formula is C18H29ClN4O2. The quantitative estimate of drug-likeness (QED) is 0.864. The van der Waals surface area contributed by atoms with E-state index in [4.69, 9.17) is 4.74 Å². The van der Waals surface area contributed by atoms with Crippen molar-refractivity contribution in [1.29, 1.82) is 0 Å². The summed E-state index contributed by atoms with van der Waals surface area (Å²) in [4.78, 5) is 15.7. The number of hydrogen-bond acceptors (Lipinski definition) is 4. The van der Waals surface area contributed by atoms with Gasteiger partial charge in [-0.25, -0.2) is 0 Å². The number of nitrogens with zero attached hydrogens (tertiary/aromatic N) is 3. The lowest BCUT2D eigenvalue weighted by Crippen LogP contribution is -2.59. The molecule has 3 saturated heterocycles. The van der Waals surface area contributed by atoms with E-state index in [0.717, 1.165) is 65.1 Å². The van der Waals surface area contributed by atoms with Crippen molar-refractivity contribution >= 4 is 18.3 Å². The summed E-state index contributed by atoms with van der Waals surface area (Å²) in [6.45, 7) is 5.15. The van der Waals surface area contributed by atoms with Crippen molar-refractivity contribution in [2.24, 2.45) is 5.41 Å². The van der Waals surface area contributed by atoms with Crippen molar-refractivity contribution in [1.82, 2.24) is 20.0 Å². The largest absolute Gasteiger partial charge is 0.381 e. The Labute approximate surface area is 155 Å². The van der Waals surface area contributed by atoms with E-state index in [1.807, 2.05) is 16.9 Å². The van der Waals surface area contributed by atoms with Crippen LogP contribution in [-0.4, -0.2) is 60.0 Å². The molecule has 3 fully saturated rings. The zero-order valence-electron chi connectivity index (χ0n) is 14.8. The summed E-state index contributed by atoms with van der Waals surface area (Å²) in [7, 11) is 0. The molecule has 1 N–H and O–H groups in total. The monoisotopic (exact) mass is 368 g/mol. The van der Waals surface area contributed by atoms with Crippen LogP contribution in [-0.2, 0) is 15.1 Å². The molecule has 140 valence electrons. The first-order valence-electron chi connectivity index (χ1n) is 9.32. The van der Waals surface area contributed by atoms with E-state index in [-0.39, 0.29) is 23.7 Å². The van der Waals surface area contributed by atoms with Gasteiger partial charge < -0.3 is 15.0 Å². The van der Waals surface area contributed by atoms with E-state index in [1.165, 1.54) is 12.8 Å². The number of amides is 1. The number of likely N-dealkylation sites (tertiary alicyclic amines) is 1. The molecule has 4 heterocycles. The van der Waals surface area contributed by atoms with E-state index in [0.29, 0.717) is 0 Å². The minimum absolute atomic E-state index is 0. The normalized spacial score (nSPS) is 29.2. The SMILES string of the molecule is Cl.O=C(N1CCCC2(CCCOC2)C1)C1(n2cccn2)CCNCC1. The van der Waals surface area contributed by atoms with E-state index < -0.39 is 5.54 Å². The molecule has 1 aromatic heterocycles. The Morgan fingerprint density at radius 1 is 1.16 bits per heavy atom. The molecule has 6 nitrogen and oxygen atoms in total. The van der Waals surface area contributed by atoms with Gasteiger partial charge >= 0.3 is 0 Å². The molecule has 0 bridgehead atoms. The number of halogens is 1. The molecule has 1 atom stereocenters. The Morgan fingerprint density at radius 2 is 1.96 bits per heavy atom. The molecule has 7 heteroatoms. The van der Waals surface area contributed by atoms with Gasteiger partial charge in [0.15, 0.2) is 0 Å². The number of hydrogen-bond donors (Lipinski definition) is 1. The van der Waals surface area contributed by atoms with Crippen LogP contribution in [0.5, 0.6) is 0 Å². The zero-order chi connectivity index (χ0) is 16.5. The predicted molar refractivity (Wildman–Crippen MR) is 97.9 cm³/mol. The highest BCUT2D eigenvalue weighted by Crippen LogP contribution is 2.39. The lowest BCUT2D eigenvalue weighted by molar-refractivity contribution is -0.149. The van der Waals surface area contributed by atoms with Crippen LogP contribution < -0.4 is 5.32 Å². The van der Waals surface area contributed by atoms with Crippen molar-refractivity contribution in [3.05, 3.63) is 18.5 Å². The molecular weight excluding hydrogens is 340 g/mol. The molecule has 1 aromatic rings. The van der Waals surface area contributed by atoms with Gasteiger partial charge in [-0.3, -0.25) is 9.48 Å². The van der Waals surface area contributed by atoms with Crippen molar-refractivity contribution in [3.8, 4) is 0 Å². The van der Waals surface area contributed by atoms with Crippen LogP contribution in [0.15, 0.2) is 18.5 Å². The smallest absolute Gasteiger partial charge is 0.250 e. The van der Waals surface area contributed by atoms with Crippen molar-refractivity contribution in [3.63, 3.8) is 0 Å². The fourth-order valence-electron chi connectivity index (χ4n) is 4.81. The Kier molecular flexibility index (Phi) is 5.71. The van der Waals surface area contributed by atoms with Gasteiger partial charge in [-0.05, 0) is 57.7 Å². The second kappa shape index (κ2) is 7.64. The van der Waals surface area contributed by atoms with Crippen molar-refractivity contribution in [2.75, 3.05) is 39.4 Å². The van der Waals surface area contributed by atoms with Gasteiger partial charge in [-0.2, -0.15) is 5.10 Å². The summed E-state index contributed by atoms with van der Waals surface area (Å²) in [5.41, 5.74) is -0.326. The van der Waals surface area contributed by atoms with Gasteiger partial charge in [0.2, 0.25) is 0 Å². The Bertz CT molecular complexity index is 560. The fourth-order valence-corrected chi connectivity index (χ4v) is 4.81. The van der Waals surface area contributed by atoms with E-state index >= 15 is 0 Å². The maximum absolute atomic E-state index is 13.6. The summed E-state index contributed by atoms with van der Waals surface area (Å²) in [5.74, 6) is 0.261.